The van der Waals surface area contributed by atoms with Crippen LogP contribution in [0.25, 0.3) is 11.0 Å². The number of hydrogen-bond donors (Lipinski definition) is 4. The van der Waals surface area contributed by atoms with E-state index in [1.807, 2.05) is 13.0 Å². The van der Waals surface area contributed by atoms with Gasteiger partial charge in [0.25, 0.3) is 0 Å². The average Bonchev–Trinajstić information content (AvgIpc) is 2.74. The number of anilines is 1. The van der Waals surface area contributed by atoms with E-state index in [-0.39, 0.29) is 12.8 Å². The van der Waals surface area contributed by atoms with Gasteiger partial charge in [-0.25, -0.2) is 14.8 Å². The largest absolute Gasteiger partial charge is 0.480 e. The first-order valence-electron chi connectivity index (χ1n) is 6.05. The van der Waals surface area contributed by atoms with Gasteiger partial charge in [0.1, 0.15) is 23.8 Å². The van der Waals surface area contributed by atoms with Gasteiger partial charge in [0, 0.05) is 12.1 Å². The molecule has 8 heteroatoms. The van der Waals surface area contributed by atoms with Crippen LogP contribution in [0.3, 0.4) is 0 Å². The number of aliphatic carboxylic acids is 1. The normalized spacial score (nSPS) is 12.2. The molecule has 0 aliphatic rings. The molecule has 2 rings (SSSR count). The van der Waals surface area contributed by atoms with Crippen molar-refractivity contribution in [1.29, 1.82) is 0 Å². The summed E-state index contributed by atoms with van der Waals surface area (Å²) in [6, 6.07) is 0.890. The molecular weight excluding hydrogens is 262 g/mol. The monoisotopic (exact) mass is 277 g/mol. The Morgan fingerprint density at radius 3 is 2.90 bits per heavy atom. The van der Waals surface area contributed by atoms with Crippen molar-refractivity contribution in [2.45, 2.75) is 25.8 Å². The smallest absolute Gasteiger partial charge is 0.326 e. The lowest BCUT2D eigenvalue weighted by molar-refractivity contribution is -0.138. The van der Waals surface area contributed by atoms with Crippen LogP contribution in [0.4, 0.5) is 5.82 Å². The molecule has 20 heavy (non-hydrogen) atoms. The minimum atomic E-state index is -1.06. The minimum Gasteiger partial charge on any atom is -0.480 e. The molecule has 1 amide bonds. The maximum Gasteiger partial charge on any atom is 0.326 e. The van der Waals surface area contributed by atoms with E-state index < -0.39 is 17.9 Å². The Labute approximate surface area is 114 Å². The van der Waals surface area contributed by atoms with Crippen molar-refractivity contribution in [3.8, 4) is 0 Å². The highest BCUT2D eigenvalue weighted by Gasteiger charge is 2.20. The van der Waals surface area contributed by atoms with E-state index in [1.165, 1.54) is 6.33 Å². The summed E-state index contributed by atoms with van der Waals surface area (Å²) < 4.78 is 0. The number of H-pyrrole nitrogens is 1. The van der Waals surface area contributed by atoms with Crippen LogP contribution < -0.4 is 11.1 Å². The molecule has 0 aromatic carbocycles. The number of carboxylic acid groups (broad SMARTS) is 1. The molecule has 0 saturated heterocycles. The van der Waals surface area contributed by atoms with Crippen LogP contribution in [0.1, 0.15) is 18.5 Å². The van der Waals surface area contributed by atoms with Gasteiger partial charge in [-0.15, -0.1) is 0 Å². The SMILES string of the molecule is Cc1cc2c(NC(CCC(N)=O)C(=O)O)ncnc2[nH]1. The standard InChI is InChI=1S/C12H15N5O3/c1-6-4-7-10(16-6)14-5-15-11(7)17-8(12(19)20)2-3-9(13)18/h4-5,8H,2-3H2,1H3,(H2,13,18)(H,19,20)(H2,14,15,16,17). The predicted molar refractivity (Wildman–Crippen MR) is 72.1 cm³/mol. The Kier molecular flexibility index (Phi) is 3.83. The highest BCUT2D eigenvalue weighted by Crippen LogP contribution is 2.21. The molecule has 0 aliphatic carbocycles. The summed E-state index contributed by atoms with van der Waals surface area (Å²) in [4.78, 5) is 33.1. The van der Waals surface area contributed by atoms with Gasteiger partial charge in [-0.1, -0.05) is 0 Å². The summed E-state index contributed by atoms with van der Waals surface area (Å²) in [5.74, 6) is -1.19. The molecule has 2 aromatic rings. The van der Waals surface area contributed by atoms with Gasteiger partial charge < -0.3 is 21.1 Å². The summed E-state index contributed by atoms with van der Waals surface area (Å²) in [6.07, 6.45) is 1.43. The number of carbonyl (C=O) groups excluding carboxylic acids is 1. The van der Waals surface area contributed by atoms with Gasteiger partial charge in [-0.05, 0) is 19.4 Å². The summed E-state index contributed by atoms with van der Waals surface area (Å²) in [6.45, 7) is 1.87. The van der Waals surface area contributed by atoms with Crippen molar-refractivity contribution in [2.75, 3.05) is 5.32 Å². The number of aromatic nitrogens is 3. The third-order valence-electron chi connectivity index (χ3n) is 2.85. The zero-order valence-corrected chi connectivity index (χ0v) is 10.9. The summed E-state index contributed by atoms with van der Waals surface area (Å²) in [5, 5.41) is 12.7. The van der Waals surface area contributed by atoms with Crippen molar-refractivity contribution >= 4 is 28.7 Å². The second-order valence-corrected chi connectivity index (χ2v) is 4.48. The molecule has 1 unspecified atom stereocenters. The van der Waals surface area contributed by atoms with Crippen molar-refractivity contribution in [3.05, 3.63) is 18.1 Å². The second kappa shape index (κ2) is 5.55. The van der Waals surface area contributed by atoms with Crippen LogP contribution in [0, 0.1) is 6.92 Å². The Morgan fingerprint density at radius 2 is 2.25 bits per heavy atom. The van der Waals surface area contributed by atoms with Gasteiger partial charge >= 0.3 is 5.97 Å². The topological polar surface area (TPSA) is 134 Å². The van der Waals surface area contributed by atoms with E-state index in [0.717, 1.165) is 5.69 Å². The van der Waals surface area contributed by atoms with Gasteiger partial charge in [-0.2, -0.15) is 0 Å². The summed E-state index contributed by atoms with van der Waals surface area (Å²) in [7, 11) is 0. The number of aryl methyl sites for hydroxylation is 1. The lowest BCUT2D eigenvalue weighted by Crippen LogP contribution is -2.31. The number of carbonyl (C=O) groups is 2. The molecular formula is C12H15N5O3. The molecule has 0 fully saturated rings. The molecule has 0 radical (unpaired) electrons. The van der Waals surface area contributed by atoms with Crippen molar-refractivity contribution in [3.63, 3.8) is 0 Å². The Hall–Kier alpha value is -2.64. The molecule has 0 aliphatic heterocycles. The minimum absolute atomic E-state index is 0.00957. The number of nitrogens with zero attached hydrogens (tertiary/aromatic N) is 2. The fourth-order valence-corrected chi connectivity index (χ4v) is 1.90. The molecule has 0 saturated carbocycles. The van der Waals surface area contributed by atoms with Crippen LogP contribution in [0.15, 0.2) is 12.4 Å². The highest BCUT2D eigenvalue weighted by atomic mass is 16.4. The van der Waals surface area contributed by atoms with E-state index in [9.17, 15) is 9.59 Å². The first-order valence-corrected chi connectivity index (χ1v) is 6.05. The Morgan fingerprint density at radius 1 is 1.50 bits per heavy atom. The fourth-order valence-electron chi connectivity index (χ4n) is 1.90. The lowest BCUT2D eigenvalue weighted by atomic mass is 10.1. The van der Waals surface area contributed by atoms with Crippen molar-refractivity contribution in [2.24, 2.45) is 5.73 Å². The molecule has 106 valence electrons. The quantitative estimate of drug-likeness (QED) is 0.603. The number of aromatic amines is 1. The maximum absolute atomic E-state index is 11.2. The van der Waals surface area contributed by atoms with Gasteiger partial charge in [0.2, 0.25) is 5.91 Å². The summed E-state index contributed by atoms with van der Waals surface area (Å²) >= 11 is 0. The molecule has 2 aromatic heterocycles. The Balaban J connectivity index is 2.24. The molecule has 0 bridgehead atoms. The summed E-state index contributed by atoms with van der Waals surface area (Å²) in [5.41, 5.74) is 6.56. The number of nitrogens with one attached hydrogen (secondary N) is 2. The second-order valence-electron chi connectivity index (χ2n) is 4.48. The zero-order valence-electron chi connectivity index (χ0n) is 10.9. The predicted octanol–water partition coefficient (Wildman–Crippen LogP) is 0.397. The van der Waals surface area contributed by atoms with Gasteiger partial charge in [0.15, 0.2) is 0 Å². The number of hydrogen-bond acceptors (Lipinski definition) is 5. The molecule has 8 nitrogen and oxygen atoms in total. The van der Waals surface area contributed by atoms with Gasteiger partial charge in [0.05, 0.1) is 5.39 Å². The Bertz CT molecular complexity index is 652. The maximum atomic E-state index is 11.2. The van der Waals surface area contributed by atoms with Crippen LogP contribution in [-0.4, -0.2) is 38.0 Å². The van der Waals surface area contributed by atoms with E-state index in [4.69, 9.17) is 10.8 Å². The zero-order chi connectivity index (χ0) is 14.7. The number of primary amides is 1. The third kappa shape index (κ3) is 3.02. The fraction of sp³-hybridized carbons (Fsp3) is 0.333. The molecule has 5 N–H and O–H groups in total. The molecule has 1 atom stereocenters. The first-order chi connectivity index (χ1) is 9.47. The number of amides is 1. The molecule has 2 heterocycles. The average molecular weight is 277 g/mol. The number of fused-ring (bicyclic) bond motifs is 1. The highest BCUT2D eigenvalue weighted by molar-refractivity contribution is 5.89. The number of carboxylic acids is 1. The number of rotatable bonds is 6. The lowest BCUT2D eigenvalue weighted by Gasteiger charge is -2.14. The van der Waals surface area contributed by atoms with Crippen molar-refractivity contribution < 1.29 is 14.7 Å². The first kappa shape index (κ1) is 13.8. The van der Waals surface area contributed by atoms with E-state index in [0.29, 0.717) is 16.9 Å². The van der Waals surface area contributed by atoms with Crippen LogP contribution >= 0.6 is 0 Å². The third-order valence-corrected chi connectivity index (χ3v) is 2.85. The van der Waals surface area contributed by atoms with Crippen molar-refractivity contribution in [1.82, 2.24) is 15.0 Å². The van der Waals surface area contributed by atoms with Crippen LogP contribution in [0.2, 0.25) is 0 Å². The van der Waals surface area contributed by atoms with E-state index >= 15 is 0 Å². The molecule has 0 spiro atoms. The number of nitrogens with two attached hydrogens (primary N) is 1. The van der Waals surface area contributed by atoms with Crippen LogP contribution in [-0.2, 0) is 9.59 Å². The van der Waals surface area contributed by atoms with Gasteiger partial charge in [-0.3, -0.25) is 4.79 Å². The van der Waals surface area contributed by atoms with Crippen LogP contribution in [0.5, 0.6) is 0 Å². The van der Waals surface area contributed by atoms with E-state index in [1.54, 1.807) is 0 Å². The van der Waals surface area contributed by atoms with E-state index in [2.05, 4.69) is 20.3 Å².